The third-order valence-electron chi connectivity index (χ3n) is 2.39. The van der Waals surface area contributed by atoms with Crippen molar-refractivity contribution in [3.8, 4) is 0 Å². The molecular formula is C13H26N2O3. The van der Waals surface area contributed by atoms with Gasteiger partial charge in [0.2, 0.25) is 5.91 Å². The van der Waals surface area contributed by atoms with E-state index in [9.17, 15) is 14.4 Å². The molecule has 1 heterocycles. The lowest BCUT2D eigenvalue weighted by atomic mass is 10.1. The summed E-state index contributed by atoms with van der Waals surface area (Å²) in [4.78, 5) is 36.2. The van der Waals surface area contributed by atoms with E-state index in [4.69, 9.17) is 0 Å². The summed E-state index contributed by atoms with van der Waals surface area (Å²) >= 11 is 0. The summed E-state index contributed by atoms with van der Waals surface area (Å²) in [6.07, 6.45) is 1.94. The largest absolute Gasteiger partial charge is 0.335 e. The highest BCUT2D eigenvalue weighted by Crippen LogP contribution is 2.03. The Balaban J connectivity index is -0.000000750. The SMILES string of the molecule is C.C.C.CCC(C)C(=O)n1cc(C)c(=O)[nH]c1=O. The lowest BCUT2D eigenvalue weighted by Crippen LogP contribution is -2.36. The molecule has 1 rings (SSSR count). The van der Waals surface area contributed by atoms with Crippen LogP contribution in [0.4, 0.5) is 0 Å². The number of nitrogens with one attached hydrogen (secondary N) is 1. The quantitative estimate of drug-likeness (QED) is 0.885. The Kier molecular flexibility index (Phi) is 10.1. The molecule has 0 radical (unpaired) electrons. The van der Waals surface area contributed by atoms with Crippen molar-refractivity contribution in [3.05, 3.63) is 32.6 Å². The molecular weight excluding hydrogens is 232 g/mol. The summed E-state index contributed by atoms with van der Waals surface area (Å²) in [6.45, 7) is 5.17. The Morgan fingerprint density at radius 3 is 2.28 bits per heavy atom. The maximum absolute atomic E-state index is 11.7. The standard InChI is InChI=1S/C10H14N2O3.3CH4/c1-4-6(2)9(14)12-5-7(3)8(13)11-10(12)15;;;/h5-6H,4H2,1-3H3,(H,11,13,15);3*1H4. The van der Waals surface area contributed by atoms with E-state index in [1.165, 1.54) is 6.20 Å². The average molecular weight is 258 g/mol. The topological polar surface area (TPSA) is 71.9 Å². The van der Waals surface area contributed by atoms with Gasteiger partial charge in [-0.1, -0.05) is 36.1 Å². The van der Waals surface area contributed by atoms with Gasteiger partial charge in [-0.05, 0) is 13.3 Å². The van der Waals surface area contributed by atoms with Crippen molar-refractivity contribution >= 4 is 5.91 Å². The number of nitrogens with zero attached hydrogens (tertiary/aromatic N) is 1. The van der Waals surface area contributed by atoms with Gasteiger partial charge in [-0.3, -0.25) is 14.6 Å². The third-order valence-corrected chi connectivity index (χ3v) is 2.39. The molecule has 0 spiro atoms. The van der Waals surface area contributed by atoms with Crippen LogP contribution in [0.1, 0.15) is 52.9 Å². The molecule has 0 aliphatic carbocycles. The number of carbonyl (C=O) groups is 1. The van der Waals surface area contributed by atoms with Gasteiger partial charge in [0.15, 0.2) is 0 Å². The molecule has 18 heavy (non-hydrogen) atoms. The predicted molar refractivity (Wildman–Crippen MR) is 76.3 cm³/mol. The van der Waals surface area contributed by atoms with Gasteiger partial charge in [-0.15, -0.1) is 0 Å². The third kappa shape index (κ3) is 4.31. The number of aryl methyl sites for hydroxylation is 1. The zero-order valence-electron chi connectivity index (χ0n) is 9.03. The summed E-state index contributed by atoms with van der Waals surface area (Å²) in [5.41, 5.74) is -0.768. The fourth-order valence-corrected chi connectivity index (χ4v) is 1.14. The zero-order chi connectivity index (χ0) is 11.6. The second-order valence-electron chi connectivity index (χ2n) is 3.59. The number of H-pyrrole nitrogens is 1. The molecule has 0 aromatic carbocycles. The van der Waals surface area contributed by atoms with E-state index in [0.717, 1.165) is 4.57 Å². The summed E-state index contributed by atoms with van der Waals surface area (Å²) in [5.74, 6) is -0.519. The molecule has 1 aromatic heterocycles. The van der Waals surface area contributed by atoms with E-state index < -0.39 is 11.2 Å². The molecule has 0 saturated carbocycles. The van der Waals surface area contributed by atoms with Crippen LogP contribution in [-0.2, 0) is 0 Å². The van der Waals surface area contributed by atoms with E-state index in [2.05, 4.69) is 4.98 Å². The Morgan fingerprint density at radius 1 is 1.33 bits per heavy atom. The van der Waals surface area contributed by atoms with Gasteiger partial charge in [0.05, 0.1) is 0 Å². The predicted octanol–water partition coefficient (Wildman–Crippen LogP) is 2.44. The van der Waals surface area contributed by atoms with Crippen molar-refractivity contribution in [2.45, 2.75) is 49.5 Å². The van der Waals surface area contributed by atoms with E-state index in [0.29, 0.717) is 12.0 Å². The maximum Gasteiger partial charge on any atom is 0.335 e. The van der Waals surface area contributed by atoms with Crippen LogP contribution in [0.5, 0.6) is 0 Å². The minimum absolute atomic E-state index is 0. The lowest BCUT2D eigenvalue weighted by molar-refractivity contribution is 0.0835. The van der Waals surface area contributed by atoms with E-state index in [1.807, 2.05) is 6.92 Å². The normalized spacial score (nSPS) is 10.4. The van der Waals surface area contributed by atoms with Gasteiger partial charge < -0.3 is 0 Å². The van der Waals surface area contributed by atoms with Crippen molar-refractivity contribution in [1.29, 1.82) is 0 Å². The van der Waals surface area contributed by atoms with Gasteiger partial charge in [-0.2, -0.15) is 0 Å². The molecule has 106 valence electrons. The van der Waals surface area contributed by atoms with Crippen LogP contribution in [0.3, 0.4) is 0 Å². The van der Waals surface area contributed by atoms with Crippen LogP contribution in [0.15, 0.2) is 15.8 Å². The monoisotopic (exact) mass is 258 g/mol. The molecule has 0 amide bonds. The first-order valence-electron chi connectivity index (χ1n) is 4.84. The summed E-state index contributed by atoms with van der Waals surface area (Å²) < 4.78 is 0.963. The van der Waals surface area contributed by atoms with Crippen LogP contribution < -0.4 is 11.2 Å². The van der Waals surface area contributed by atoms with Gasteiger partial charge in [0.25, 0.3) is 5.56 Å². The molecule has 1 atom stereocenters. The molecule has 0 saturated heterocycles. The number of hydrogen-bond donors (Lipinski definition) is 1. The van der Waals surface area contributed by atoms with Crippen molar-refractivity contribution < 1.29 is 4.79 Å². The van der Waals surface area contributed by atoms with Crippen LogP contribution >= 0.6 is 0 Å². The van der Waals surface area contributed by atoms with Gasteiger partial charge >= 0.3 is 5.69 Å². The van der Waals surface area contributed by atoms with Crippen LogP contribution in [0.2, 0.25) is 0 Å². The number of aromatic nitrogens is 2. The molecule has 0 fully saturated rings. The minimum Gasteiger partial charge on any atom is -0.274 e. The number of carbonyl (C=O) groups excluding carboxylic acids is 1. The minimum atomic E-state index is -0.670. The molecule has 5 nitrogen and oxygen atoms in total. The zero-order valence-corrected chi connectivity index (χ0v) is 9.03. The maximum atomic E-state index is 11.7. The molecule has 1 unspecified atom stereocenters. The highest BCUT2D eigenvalue weighted by atomic mass is 16.2. The fourth-order valence-electron chi connectivity index (χ4n) is 1.14. The van der Waals surface area contributed by atoms with Crippen molar-refractivity contribution in [3.63, 3.8) is 0 Å². The van der Waals surface area contributed by atoms with Gasteiger partial charge in [-0.25, -0.2) is 9.36 Å². The van der Waals surface area contributed by atoms with E-state index >= 15 is 0 Å². The highest BCUT2D eigenvalue weighted by molar-refractivity contribution is 5.80. The van der Waals surface area contributed by atoms with Crippen molar-refractivity contribution in [2.75, 3.05) is 0 Å². The van der Waals surface area contributed by atoms with Gasteiger partial charge in [0, 0.05) is 17.7 Å². The Labute approximate surface area is 109 Å². The summed E-state index contributed by atoms with van der Waals surface area (Å²) in [7, 11) is 0. The lowest BCUT2D eigenvalue weighted by Gasteiger charge is -2.09. The molecule has 0 aliphatic rings. The molecule has 5 heteroatoms. The Hall–Kier alpha value is -1.65. The van der Waals surface area contributed by atoms with Crippen molar-refractivity contribution in [2.24, 2.45) is 5.92 Å². The fraction of sp³-hybridized carbons (Fsp3) is 0.615. The molecule has 0 bridgehead atoms. The van der Waals surface area contributed by atoms with Crippen LogP contribution in [0, 0.1) is 12.8 Å². The smallest absolute Gasteiger partial charge is 0.274 e. The Bertz CT molecular complexity index is 486. The first-order chi connectivity index (χ1) is 6.97. The van der Waals surface area contributed by atoms with Gasteiger partial charge in [0.1, 0.15) is 0 Å². The first-order valence-corrected chi connectivity index (χ1v) is 4.84. The van der Waals surface area contributed by atoms with Crippen LogP contribution in [-0.4, -0.2) is 15.5 Å². The highest BCUT2D eigenvalue weighted by Gasteiger charge is 2.15. The average Bonchev–Trinajstić information content (AvgIpc) is 2.21. The number of hydrogen-bond acceptors (Lipinski definition) is 3. The first kappa shape index (κ1) is 21.6. The molecule has 1 aromatic rings. The van der Waals surface area contributed by atoms with Crippen molar-refractivity contribution in [1.82, 2.24) is 9.55 Å². The van der Waals surface area contributed by atoms with E-state index in [-0.39, 0.29) is 34.1 Å². The number of aromatic amines is 1. The van der Waals surface area contributed by atoms with Crippen LogP contribution in [0.25, 0.3) is 0 Å². The van der Waals surface area contributed by atoms with E-state index in [1.54, 1.807) is 13.8 Å². The molecule has 0 aliphatic heterocycles. The summed E-state index contributed by atoms with van der Waals surface area (Å²) in [5, 5.41) is 0. The second kappa shape index (κ2) is 8.44. The molecule has 1 N–H and O–H groups in total. The summed E-state index contributed by atoms with van der Waals surface area (Å²) in [6, 6.07) is 0. The number of rotatable bonds is 2. The Morgan fingerprint density at radius 2 is 1.83 bits per heavy atom. The second-order valence-corrected chi connectivity index (χ2v) is 3.59.